The van der Waals surface area contributed by atoms with Crippen molar-refractivity contribution in [3.63, 3.8) is 0 Å². The molecule has 0 atom stereocenters. The Hall–Kier alpha value is -3.12. The van der Waals surface area contributed by atoms with Crippen LogP contribution in [0.15, 0.2) is 78.9 Å². The molecule has 0 heteroatoms. The van der Waals surface area contributed by atoms with Gasteiger partial charge in [-0.3, -0.25) is 0 Å². The molecule has 0 amide bonds. The zero-order chi connectivity index (χ0) is 24.8. The maximum absolute atomic E-state index is 2.35. The Balaban J connectivity index is 1.55. The van der Waals surface area contributed by atoms with Gasteiger partial charge >= 0.3 is 0 Å². The first-order valence-corrected chi connectivity index (χ1v) is 13.4. The van der Waals surface area contributed by atoms with Crippen molar-refractivity contribution in [1.29, 1.82) is 0 Å². The third kappa shape index (κ3) is 5.93. The highest BCUT2D eigenvalue weighted by molar-refractivity contribution is 5.78. The average molecular weight is 461 g/mol. The fourth-order valence-electron chi connectivity index (χ4n) is 5.22. The minimum Gasteiger partial charge on any atom is -0.0654 e. The Morgan fingerprint density at radius 1 is 0.429 bits per heavy atom. The molecule has 35 heavy (non-hydrogen) atoms. The molecule has 0 aliphatic carbocycles. The quantitative estimate of drug-likeness (QED) is 0.218. The van der Waals surface area contributed by atoms with Crippen molar-refractivity contribution >= 4 is 0 Å². The third-order valence-corrected chi connectivity index (χ3v) is 7.24. The molecule has 0 nitrogen and oxygen atoms in total. The van der Waals surface area contributed by atoms with E-state index in [1.807, 2.05) is 0 Å². The fraction of sp³-hybridized carbons (Fsp3) is 0.314. The Kier molecular flexibility index (Phi) is 8.24. The van der Waals surface area contributed by atoms with Crippen LogP contribution in [0.25, 0.3) is 33.4 Å². The van der Waals surface area contributed by atoms with Gasteiger partial charge in [0.2, 0.25) is 0 Å². The van der Waals surface area contributed by atoms with Gasteiger partial charge in [0.15, 0.2) is 0 Å². The summed E-state index contributed by atoms with van der Waals surface area (Å²) in [6.07, 6.45) is 7.40. The minimum absolute atomic E-state index is 1.15. The molecule has 0 spiro atoms. The van der Waals surface area contributed by atoms with E-state index < -0.39 is 0 Å². The van der Waals surface area contributed by atoms with Crippen LogP contribution in [0, 0.1) is 20.8 Å². The Bertz CT molecular complexity index is 1270. The van der Waals surface area contributed by atoms with Crippen LogP contribution in [0.2, 0.25) is 0 Å². The molecule has 0 bridgehead atoms. The van der Waals surface area contributed by atoms with E-state index >= 15 is 0 Å². The molecule has 4 aromatic rings. The summed E-state index contributed by atoms with van der Waals surface area (Å²) in [6, 6.07) is 29.9. The zero-order valence-electron chi connectivity index (χ0n) is 22.2. The van der Waals surface area contributed by atoms with Crippen LogP contribution >= 0.6 is 0 Å². The van der Waals surface area contributed by atoms with Crippen LogP contribution in [0.5, 0.6) is 0 Å². The Morgan fingerprint density at radius 3 is 1.60 bits per heavy atom. The first-order valence-electron chi connectivity index (χ1n) is 13.4. The highest BCUT2D eigenvalue weighted by Crippen LogP contribution is 2.34. The smallest absolute Gasteiger partial charge is 0.0152 e. The van der Waals surface area contributed by atoms with Crippen LogP contribution in [0.4, 0.5) is 0 Å². The molecule has 0 saturated heterocycles. The van der Waals surface area contributed by atoms with Crippen LogP contribution in [0.3, 0.4) is 0 Å². The van der Waals surface area contributed by atoms with Crippen LogP contribution in [0.1, 0.15) is 67.3 Å². The van der Waals surface area contributed by atoms with Crippen molar-refractivity contribution in [3.05, 3.63) is 107 Å². The van der Waals surface area contributed by atoms with E-state index in [4.69, 9.17) is 0 Å². The van der Waals surface area contributed by atoms with Crippen molar-refractivity contribution in [2.45, 2.75) is 73.1 Å². The Labute approximate surface area is 213 Å². The van der Waals surface area contributed by atoms with Gasteiger partial charge in [-0.2, -0.15) is 0 Å². The molecule has 0 fully saturated rings. The van der Waals surface area contributed by atoms with Crippen molar-refractivity contribution in [1.82, 2.24) is 0 Å². The molecule has 180 valence electrons. The summed E-state index contributed by atoms with van der Waals surface area (Å²) in [6.45, 7) is 11.2. The maximum atomic E-state index is 2.35. The predicted molar refractivity (Wildman–Crippen MR) is 154 cm³/mol. The molecule has 0 unspecified atom stereocenters. The van der Waals surface area contributed by atoms with Gasteiger partial charge in [-0.1, -0.05) is 112 Å². The first-order chi connectivity index (χ1) is 17.0. The number of benzene rings is 4. The average Bonchev–Trinajstić information content (AvgIpc) is 2.85. The van der Waals surface area contributed by atoms with Gasteiger partial charge in [-0.15, -0.1) is 0 Å². The van der Waals surface area contributed by atoms with E-state index in [0.717, 1.165) is 6.42 Å². The molecule has 0 N–H and O–H groups in total. The zero-order valence-corrected chi connectivity index (χ0v) is 22.2. The van der Waals surface area contributed by atoms with E-state index in [2.05, 4.69) is 113 Å². The van der Waals surface area contributed by atoms with Crippen molar-refractivity contribution in [3.8, 4) is 33.4 Å². The molecular weight excluding hydrogens is 420 g/mol. The Morgan fingerprint density at radius 2 is 0.971 bits per heavy atom. The molecule has 4 rings (SSSR count). The lowest BCUT2D eigenvalue weighted by molar-refractivity contribution is 0.717. The second kappa shape index (κ2) is 11.5. The normalized spacial score (nSPS) is 11.1. The van der Waals surface area contributed by atoms with Crippen molar-refractivity contribution in [2.75, 3.05) is 0 Å². The lowest BCUT2D eigenvalue weighted by Crippen LogP contribution is -1.92. The fourth-order valence-corrected chi connectivity index (χ4v) is 5.22. The largest absolute Gasteiger partial charge is 0.0654 e. The summed E-state index contributed by atoms with van der Waals surface area (Å²) < 4.78 is 0. The maximum Gasteiger partial charge on any atom is -0.0152 e. The molecule has 0 heterocycles. The lowest BCUT2D eigenvalue weighted by Gasteiger charge is -2.14. The van der Waals surface area contributed by atoms with Gasteiger partial charge in [-0.05, 0) is 101 Å². The summed E-state index contributed by atoms with van der Waals surface area (Å²) >= 11 is 0. The topological polar surface area (TPSA) is 0 Å². The van der Waals surface area contributed by atoms with Crippen molar-refractivity contribution < 1.29 is 0 Å². The van der Waals surface area contributed by atoms with E-state index in [-0.39, 0.29) is 0 Å². The van der Waals surface area contributed by atoms with Gasteiger partial charge in [0.25, 0.3) is 0 Å². The monoisotopic (exact) mass is 460 g/mol. The number of rotatable bonds is 9. The van der Waals surface area contributed by atoms with Gasteiger partial charge < -0.3 is 0 Å². The molecule has 0 aliphatic rings. The van der Waals surface area contributed by atoms with E-state index in [0.29, 0.717) is 0 Å². The second-order valence-electron chi connectivity index (χ2n) is 10.1. The number of unbranched alkanes of at least 4 members (excludes halogenated alkanes) is 2. The third-order valence-electron chi connectivity index (χ3n) is 7.24. The number of aryl methyl sites for hydroxylation is 5. The summed E-state index contributed by atoms with van der Waals surface area (Å²) in [4.78, 5) is 0. The number of hydrogen-bond donors (Lipinski definition) is 0. The van der Waals surface area contributed by atoms with E-state index in [9.17, 15) is 0 Å². The summed E-state index contributed by atoms with van der Waals surface area (Å²) in [7, 11) is 0. The standard InChI is InChI=1S/C35H40/c1-6-8-9-11-28-12-15-30(16-13-28)31-17-20-33(26(4)23-31)32-18-21-35(27(5)24-32)34-19-14-29(10-7-2)22-25(34)3/h12-24H,6-11H2,1-5H3. The number of hydrogen-bond acceptors (Lipinski definition) is 0. The van der Waals surface area contributed by atoms with Gasteiger partial charge in [-0.25, -0.2) is 0 Å². The lowest BCUT2D eigenvalue weighted by atomic mass is 9.90. The van der Waals surface area contributed by atoms with E-state index in [1.54, 1.807) is 0 Å². The highest BCUT2D eigenvalue weighted by atomic mass is 14.1. The van der Waals surface area contributed by atoms with Gasteiger partial charge in [0.1, 0.15) is 0 Å². The molecular formula is C35H40. The molecule has 0 aromatic heterocycles. The van der Waals surface area contributed by atoms with Crippen LogP contribution < -0.4 is 0 Å². The van der Waals surface area contributed by atoms with Crippen LogP contribution in [-0.2, 0) is 12.8 Å². The molecule has 4 aromatic carbocycles. The van der Waals surface area contributed by atoms with Gasteiger partial charge in [0, 0.05) is 0 Å². The van der Waals surface area contributed by atoms with Gasteiger partial charge in [0.05, 0.1) is 0 Å². The molecule has 0 saturated carbocycles. The summed E-state index contributed by atoms with van der Waals surface area (Å²) in [5.74, 6) is 0. The molecule has 0 aliphatic heterocycles. The van der Waals surface area contributed by atoms with Crippen LogP contribution in [-0.4, -0.2) is 0 Å². The van der Waals surface area contributed by atoms with Crippen molar-refractivity contribution in [2.24, 2.45) is 0 Å². The first kappa shape index (κ1) is 25.0. The minimum atomic E-state index is 1.15. The SMILES string of the molecule is CCCCCc1ccc(-c2ccc(-c3ccc(-c4ccc(CCC)cc4C)c(C)c3)c(C)c2)cc1. The predicted octanol–water partition coefficient (Wildman–Crippen LogP) is 10.3. The van der Waals surface area contributed by atoms with E-state index in [1.165, 1.54) is 93.3 Å². The highest BCUT2D eigenvalue weighted by Gasteiger charge is 2.10. The second-order valence-corrected chi connectivity index (χ2v) is 10.1. The molecule has 0 radical (unpaired) electrons. The summed E-state index contributed by atoms with van der Waals surface area (Å²) in [5.41, 5.74) is 14.8. The summed E-state index contributed by atoms with van der Waals surface area (Å²) in [5, 5.41) is 0.